The highest BCUT2D eigenvalue weighted by molar-refractivity contribution is 5.76. The molecule has 0 spiro atoms. The van der Waals surface area contributed by atoms with E-state index in [4.69, 9.17) is 4.74 Å². The van der Waals surface area contributed by atoms with Gasteiger partial charge in [-0.15, -0.1) is 0 Å². The number of quaternary nitrogens is 1. The Morgan fingerprint density at radius 1 is 1.25 bits per heavy atom. The van der Waals surface area contributed by atoms with Crippen LogP contribution in [0.25, 0.3) is 0 Å². The number of hydrogen-bond donors (Lipinski definition) is 3. The molecule has 0 fully saturated rings. The first kappa shape index (κ1) is 26.6. The average Bonchev–Trinajstić information content (AvgIpc) is 2.72. The minimum atomic E-state index is -0.959. The van der Waals surface area contributed by atoms with Crippen molar-refractivity contribution in [3.63, 3.8) is 0 Å². The highest BCUT2D eigenvalue weighted by Crippen LogP contribution is 2.45. The fourth-order valence-corrected chi connectivity index (χ4v) is 4.81. The Bertz CT molecular complexity index is 715. The van der Waals surface area contributed by atoms with Crippen molar-refractivity contribution in [3.8, 4) is 0 Å². The molecule has 2 aliphatic rings. The van der Waals surface area contributed by atoms with Gasteiger partial charge in [-0.05, 0) is 69.3 Å². The van der Waals surface area contributed by atoms with Gasteiger partial charge in [0.2, 0.25) is 0 Å². The maximum atomic E-state index is 12.9. The van der Waals surface area contributed by atoms with E-state index in [9.17, 15) is 19.8 Å². The van der Waals surface area contributed by atoms with Crippen LogP contribution < -0.4 is 5.90 Å². The molecule has 32 heavy (non-hydrogen) atoms. The van der Waals surface area contributed by atoms with Crippen LogP contribution in [-0.2, 0) is 19.2 Å². The zero-order valence-corrected chi connectivity index (χ0v) is 20.3. The van der Waals surface area contributed by atoms with E-state index >= 15 is 0 Å². The molecule has 7 nitrogen and oxygen atoms in total. The van der Waals surface area contributed by atoms with Crippen molar-refractivity contribution in [2.24, 2.45) is 29.1 Å². The average molecular weight is 453 g/mol. The van der Waals surface area contributed by atoms with Crippen LogP contribution in [0.4, 0.5) is 0 Å². The second kappa shape index (κ2) is 11.4. The molecule has 0 heterocycles. The first-order valence-corrected chi connectivity index (χ1v) is 11.9. The summed E-state index contributed by atoms with van der Waals surface area (Å²) in [7, 11) is 0. The van der Waals surface area contributed by atoms with Gasteiger partial charge in [-0.2, -0.15) is 5.90 Å². The highest BCUT2D eigenvalue weighted by atomic mass is 16.7. The number of carbonyl (C=O) groups is 2. The van der Waals surface area contributed by atoms with Crippen LogP contribution in [0, 0.1) is 29.1 Å². The smallest absolute Gasteiger partial charge is 0.368 e. The van der Waals surface area contributed by atoms with Crippen molar-refractivity contribution in [1.82, 2.24) is 0 Å². The summed E-state index contributed by atoms with van der Waals surface area (Å²) in [5, 5.41) is 20.5. The van der Waals surface area contributed by atoms with Crippen LogP contribution in [0.15, 0.2) is 23.8 Å². The summed E-state index contributed by atoms with van der Waals surface area (Å²) in [6, 6.07) is 0. The summed E-state index contributed by atoms with van der Waals surface area (Å²) in [6.45, 7) is 10.2. The standard InChI is InChI=1S/C25H42NO6/c1-6-25(4,5)24(30)31-21-12-15(2)11-17-8-7-16(3)20(23(17)21)10-9-18(27)13-19(28)14-22(29)32-26/h7-8,11,15-16,18-21,23,27-28H,6,9-10,12-14H2,1-5,26H3/q+1/t15-,16-,18+,19+,20-,21-,23-/m0/s1. The van der Waals surface area contributed by atoms with Crippen molar-refractivity contribution in [2.45, 2.75) is 91.5 Å². The minimum absolute atomic E-state index is 0.0982. The SMILES string of the molecule is CCC(C)(C)C(=O)O[C@H]1C[C@@H](C)C=C2C=C[C@H](C)[C@H](CC[C@@H](O)C[C@@H](O)CC(=O)O[NH3+])[C@H]21. The molecule has 7 heteroatoms. The van der Waals surface area contributed by atoms with Crippen LogP contribution in [0.1, 0.15) is 73.1 Å². The normalized spacial score (nSPS) is 29.5. The van der Waals surface area contributed by atoms with Gasteiger partial charge in [0.25, 0.3) is 0 Å². The predicted molar refractivity (Wildman–Crippen MR) is 121 cm³/mol. The molecule has 7 atom stereocenters. The van der Waals surface area contributed by atoms with E-state index in [1.54, 1.807) is 0 Å². The zero-order chi connectivity index (χ0) is 24.1. The molecule has 0 aromatic carbocycles. The Balaban J connectivity index is 2.10. The Labute approximate surface area is 192 Å². The van der Waals surface area contributed by atoms with Crippen molar-refractivity contribution >= 4 is 11.9 Å². The van der Waals surface area contributed by atoms with Gasteiger partial charge in [0.1, 0.15) is 6.10 Å². The van der Waals surface area contributed by atoms with Gasteiger partial charge in [-0.1, -0.05) is 39.0 Å². The second-order valence-electron chi connectivity index (χ2n) is 10.3. The quantitative estimate of drug-likeness (QED) is 0.346. The summed E-state index contributed by atoms with van der Waals surface area (Å²) >= 11 is 0. The molecule has 5 N–H and O–H groups in total. The third-order valence-electron chi connectivity index (χ3n) is 7.23. The first-order valence-electron chi connectivity index (χ1n) is 11.9. The number of ether oxygens (including phenoxy) is 1. The number of allylic oxidation sites excluding steroid dienone is 3. The van der Waals surface area contributed by atoms with Crippen LogP contribution in [0.2, 0.25) is 0 Å². The van der Waals surface area contributed by atoms with Crippen molar-refractivity contribution in [1.29, 1.82) is 0 Å². The number of aliphatic hydroxyl groups excluding tert-OH is 2. The second-order valence-corrected chi connectivity index (χ2v) is 10.3. The Hall–Kier alpha value is -1.70. The van der Waals surface area contributed by atoms with E-state index in [1.807, 2.05) is 20.8 Å². The lowest BCUT2D eigenvalue weighted by Gasteiger charge is -2.44. The van der Waals surface area contributed by atoms with E-state index < -0.39 is 23.6 Å². The molecule has 0 saturated carbocycles. The molecule has 0 aliphatic heterocycles. The number of carbonyl (C=O) groups excluding carboxylic acids is 2. The fraction of sp³-hybridized carbons (Fsp3) is 0.760. The molecule has 0 unspecified atom stereocenters. The maximum absolute atomic E-state index is 12.9. The highest BCUT2D eigenvalue weighted by Gasteiger charge is 2.42. The summed E-state index contributed by atoms with van der Waals surface area (Å²) in [6.07, 6.45) is 7.46. The van der Waals surface area contributed by atoms with Crippen molar-refractivity contribution in [2.75, 3.05) is 0 Å². The minimum Gasteiger partial charge on any atom is -0.461 e. The third kappa shape index (κ3) is 6.90. The lowest BCUT2D eigenvalue weighted by atomic mass is 9.65. The number of aliphatic hydroxyl groups is 2. The lowest BCUT2D eigenvalue weighted by molar-refractivity contribution is -0.657. The Morgan fingerprint density at radius 2 is 1.94 bits per heavy atom. The molecule has 0 saturated heterocycles. The molecule has 2 aliphatic carbocycles. The van der Waals surface area contributed by atoms with E-state index in [2.05, 4.69) is 42.8 Å². The topological polar surface area (TPSA) is 121 Å². The van der Waals surface area contributed by atoms with Gasteiger partial charge in [-0.25, -0.2) is 4.79 Å². The summed E-state index contributed by atoms with van der Waals surface area (Å²) in [5.74, 6) is 3.23. The molecule has 182 valence electrons. The Kier molecular flexibility index (Phi) is 9.49. The number of esters is 1. The number of rotatable bonds is 10. The Morgan fingerprint density at radius 3 is 2.56 bits per heavy atom. The maximum Gasteiger partial charge on any atom is 0.368 e. The monoisotopic (exact) mass is 452 g/mol. The van der Waals surface area contributed by atoms with Crippen LogP contribution >= 0.6 is 0 Å². The van der Waals surface area contributed by atoms with E-state index in [0.29, 0.717) is 12.3 Å². The van der Waals surface area contributed by atoms with Gasteiger partial charge >= 0.3 is 11.9 Å². The summed E-state index contributed by atoms with van der Waals surface area (Å²) in [5.41, 5.74) is 0.698. The van der Waals surface area contributed by atoms with Crippen molar-refractivity contribution < 1.29 is 35.3 Å². The zero-order valence-electron chi connectivity index (χ0n) is 20.3. The molecule has 0 aromatic heterocycles. The third-order valence-corrected chi connectivity index (χ3v) is 7.23. The number of fused-ring (bicyclic) bond motifs is 1. The van der Waals surface area contributed by atoms with Crippen LogP contribution in [-0.4, -0.2) is 40.5 Å². The van der Waals surface area contributed by atoms with E-state index in [0.717, 1.165) is 19.3 Å². The first-order chi connectivity index (χ1) is 15.0. The van der Waals surface area contributed by atoms with E-state index in [-0.39, 0.29) is 42.7 Å². The fourth-order valence-electron chi connectivity index (χ4n) is 4.81. The van der Waals surface area contributed by atoms with Gasteiger partial charge in [0, 0.05) is 5.92 Å². The molecule has 0 aromatic rings. The molecule has 0 radical (unpaired) electrons. The summed E-state index contributed by atoms with van der Waals surface area (Å²) < 4.78 is 6.12. The number of hydrogen-bond acceptors (Lipinski definition) is 6. The van der Waals surface area contributed by atoms with Crippen molar-refractivity contribution in [3.05, 3.63) is 23.8 Å². The van der Waals surface area contributed by atoms with Gasteiger partial charge in [0.15, 0.2) is 0 Å². The molecule has 0 bridgehead atoms. The predicted octanol–water partition coefficient (Wildman–Crippen LogP) is 2.72. The van der Waals surface area contributed by atoms with E-state index in [1.165, 1.54) is 5.57 Å². The van der Waals surface area contributed by atoms with Gasteiger partial charge < -0.3 is 14.9 Å². The van der Waals surface area contributed by atoms with Gasteiger partial charge in [0.05, 0.1) is 24.0 Å². The largest absolute Gasteiger partial charge is 0.461 e. The molecular formula is C25H42NO6+. The summed E-state index contributed by atoms with van der Waals surface area (Å²) in [4.78, 5) is 28.5. The molecule has 2 rings (SSSR count). The lowest BCUT2D eigenvalue weighted by Crippen LogP contribution is -2.51. The van der Waals surface area contributed by atoms with Gasteiger partial charge in [-0.3, -0.25) is 9.63 Å². The molecular weight excluding hydrogens is 410 g/mol. The van der Waals surface area contributed by atoms with Crippen LogP contribution in [0.3, 0.4) is 0 Å². The van der Waals surface area contributed by atoms with Crippen LogP contribution in [0.5, 0.6) is 0 Å². The molecule has 0 amide bonds.